The molecule has 1 N–H and O–H groups in total. The van der Waals surface area contributed by atoms with Gasteiger partial charge in [0.2, 0.25) is 5.91 Å². The predicted octanol–water partition coefficient (Wildman–Crippen LogP) is 3.43. The van der Waals surface area contributed by atoms with Crippen molar-refractivity contribution in [1.82, 2.24) is 10.2 Å². The molecule has 0 unspecified atom stereocenters. The van der Waals surface area contributed by atoms with Crippen LogP contribution >= 0.6 is 11.6 Å². The van der Waals surface area contributed by atoms with Crippen molar-refractivity contribution in [3.63, 3.8) is 0 Å². The second kappa shape index (κ2) is 5.54. The third-order valence-electron chi connectivity index (χ3n) is 5.21. The molecule has 1 aromatic carbocycles. The fraction of sp³-hybridized carbons (Fsp3) is 0.611. The normalized spacial score (nSPS) is 29.4. The van der Waals surface area contributed by atoms with E-state index in [2.05, 4.69) is 32.2 Å². The Bertz CT molecular complexity index is 573. The Morgan fingerprint density at radius 1 is 1.32 bits per heavy atom. The molecule has 0 bridgehead atoms. The van der Waals surface area contributed by atoms with Crippen molar-refractivity contribution >= 4 is 17.5 Å². The lowest BCUT2D eigenvalue weighted by molar-refractivity contribution is -0.141. The van der Waals surface area contributed by atoms with Crippen molar-refractivity contribution in [1.29, 1.82) is 0 Å². The van der Waals surface area contributed by atoms with Gasteiger partial charge in [-0.25, -0.2) is 0 Å². The van der Waals surface area contributed by atoms with Crippen molar-refractivity contribution in [3.05, 3.63) is 34.9 Å². The molecule has 0 saturated carbocycles. The summed E-state index contributed by atoms with van der Waals surface area (Å²) >= 11 is 6.47. The minimum absolute atomic E-state index is 0.155. The van der Waals surface area contributed by atoms with E-state index in [1.807, 2.05) is 23.1 Å². The largest absolute Gasteiger partial charge is 0.337 e. The van der Waals surface area contributed by atoms with Gasteiger partial charge in [0.1, 0.15) is 0 Å². The highest BCUT2D eigenvalue weighted by Crippen LogP contribution is 2.50. The molecule has 22 heavy (non-hydrogen) atoms. The first-order valence-electron chi connectivity index (χ1n) is 8.13. The van der Waals surface area contributed by atoms with Crippen molar-refractivity contribution in [3.8, 4) is 0 Å². The zero-order chi connectivity index (χ0) is 16.0. The van der Waals surface area contributed by atoms with Crippen LogP contribution < -0.4 is 5.32 Å². The van der Waals surface area contributed by atoms with Gasteiger partial charge in [0.25, 0.3) is 0 Å². The molecule has 3 rings (SSSR count). The van der Waals surface area contributed by atoms with E-state index in [1.54, 1.807) is 0 Å². The summed E-state index contributed by atoms with van der Waals surface area (Å²) in [4.78, 5) is 15.3. The Balaban J connectivity index is 2.06. The maximum absolute atomic E-state index is 13.3. The number of likely N-dealkylation sites (tertiary alicyclic amines) is 1. The smallest absolute Gasteiger partial charge is 0.231 e. The average molecular weight is 321 g/mol. The third-order valence-corrected chi connectivity index (χ3v) is 5.55. The van der Waals surface area contributed by atoms with E-state index in [-0.39, 0.29) is 22.8 Å². The van der Waals surface area contributed by atoms with Gasteiger partial charge >= 0.3 is 0 Å². The van der Waals surface area contributed by atoms with E-state index in [4.69, 9.17) is 11.6 Å². The molecule has 1 aromatic rings. The number of carbonyl (C=O) groups is 1. The number of halogens is 1. The molecule has 0 aromatic heterocycles. The molecule has 2 aliphatic rings. The molecule has 2 heterocycles. The molecular weight excluding hydrogens is 296 g/mol. The summed E-state index contributed by atoms with van der Waals surface area (Å²) in [7, 11) is 0. The van der Waals surface area contributed by atoms with Gasteiger partial charge in [0.15, 0.2) is 0 Å². The highest BCUT2D eigenvalue weighted by atomic mass is 35.5. The second-order valence-electron chi connectivity index (χ2n) is 7.60. The highest BCUT2D eigenvalue weighted by molar-refractivity contribution is 6.31. The zero-order valence-electron chi connectivity index (χ0n) is 13.7. The van der Waals surface area contributed by atoms with Crippen LogP contribution in [-0.2, 0) is 4.79 Å². The Morgan fingerprint density at radius 2 is 2.05 bits per heavy atom. The monoisotopic (exact) mass is 320 g/mol. The first-order chi connectivity index (χ1) is 10.4. The number of rotatable bonds is 1. The van der Waals surface area contributed by atoms with Gasteiger partial charge in [-0.05, 0) is 51.8 Å². The Kier molecular flexibility index (Phi) is 3.98. The molecular formula is C18H25ClN2O. The van der Waals surface area contributed by atoms with Gasteiger partial charge in [-0.2, -0.15) is 0 Å². The summed E-state index contributed by atoms with van der Waals surface area (Å²) in [5.41, 5.74) is 0.626. The summed E-state index contributed by atoms with van der Waals surface area (Å²) in [5, 5.41) is 4.23. The summed E-state index contributed by atoms with van der Waals surface area (Å²) in [6.07, 6.45) is 1.99. The minimum atomic E-state index is -0.337. The molecule has 2 atom stereocenters. The molecule has 4 heteroatoms. The van der Waals surface area contributed by atoms with Crippen LogP contribution in [0.3, 0.4) is 0 Å². The Morgan fingerprint density at radius 3 is 2.64 bits per heavy atom. The van der Waals surface area contributed by atoms with Gasteiger partial charge < -0.3 is 10.2 Å². The lowest BCUT2D eigenvalue weighted by Crippen LogP contribution is -2.50. The average Bonchev–Trinajstić information content (AvgIpc) is 2.74. The number of carbonyl (C=O) groups excluding carboxylic acids is 1. The van der Waals surface area contributed by atoms with Crippen molar-refractivity contribution in [2.75, 3.05) is 19.6 Å². The lowest BCUT2D eigenvalue weighted by atomic mass is 9.69. The van der Waals surface area contributed by atoms with Crippen LogP contribution in [0.5, 0.6) is 0 Å². The van der Waals surface area contributed by atoms with E-state index in [0.29, 0.717) is 0 Å². The fourth-order valence-electron chi connectivity index (χ4n) is 4.00. The van der Waals surface area contributed by atoms with Gasteiger partial charge in [-0.1, -0.05) is 29.8 Å². The van der Waals surface area contributed by atoms with Crippen LogP contribution in [0.2, 0.25) is 5.02 Å². The highest BCUT2D eigenvalue weighted by Gasteiger charge is 2.56. The lowest BCUT2D eigenvalue weighted by Gasteiger charge is -2.38. The quantitative estimate of drug-likeness (QED) is 0.859. The first kappa shape index (κ1) is 15.8. The molecule has 1 spiro atoms. The van der Waals surface area contributed by atoms with E-state index in [1.165, 1.54) is 0 Å². The maximum Gasteiger partial charge on any atom is 0.231 e. The summed E-state index contributed by atoms with van der Waals surface area (Å²) in [6, 6.07) is 8.00. The number of hydrogen-bond acceptors (Lipinski definition) is 2. The fourth-order valence-corrected chi connectivity index (χ4v) is 4.27. The molecule has 2 aliphatic heterocycles. The van der Waals surface area contributed by atoms with E-state index >= 15 is 0 Å². The van der Waals surface area contributed by atoms with Gasteiger partial charge in [0, 0.05) is 29.6 Å². The summed E-state index contributed by atoms with van der Waals surface area (Å²) in [5.74, 6) is 0.456. The van der Waals surface area contributed by atoms with Crippen LogP contribution in [-0.4, -0.2) is 36.0 Å². The topological polar surface area (TPSA) is 32.3 Å². The number of amides is 1. The molecule has 2 fully saturated rings. The van der Waals surface area contributed by atoms with Crippen LogP contribution in [0.4, 0.5) is 0 Å². The van der Waals surface area contributed by atoms with Crippen LogP contribution in [0.1, 0.15) is 45.1 Å². The molecule has 3 nitrogen and oxygen atoms in total. The number of nitrogens with one attached hydrogen (secondary N) is 1. The summed E-state index contributed by atoms with van der Waals surface area (Å²) in [6.45, 7) is 8.86. The SMILES string of the molecule is CC(C)(C)N1C[C@H](c2ccccc2Cl)[C@@]2(CCCNC2)C1=O. The minimum Gasteiger partial charge on any atom is -0.337 e. The van der Waals surface area contributed by atoms with E-state index < -0.39 is 0 Å². The standard InChI is InChI=1S/C18H25ClN2O/c1-17(2,3)21-11-14(13-7-4-5-8-15(13)19)18(16(21)22)9-6-10-20-12-18/h4-5,7-8,14,20H,6,9-12H2,1-3H3/t14-,18+/m1/s1. The molecule has 2 saturated heterocycles. The molecule has 120 valence electrons. The number of piperidine rings is 1. The number of benzene rings is 1. The number of nitrogens with zero attached hydrogens (tertiary/aromatic N) is 1. The third kappa shape index (κ3) is 2.44. The van der Waals surface area contributed by atoms with Crippen LogP contribution in [0.15, 0.2) is 24.3 Å². The van der Waals surface area contributed by atoms with Gasteiger partial charge in [-0.3, -0.25) is 4.79 Å². The Hall–Kier alpha value is -1.06. The molecule has 0 radical (unpaired) electrons. The van der Waals surface area contributed by atoms with Crippen molar-refractivity contribution < 1.29 is 4.79 Å². The maximum atomic E-state index is 13.3. The second-order valence-corrected chi connectivity index (χ2v) is 8.00. The van der Waals surface area contributed by atoms with Crippen molar-refractivity contribution in [2.45, 2.75) is 45.1 Å². The predicted molar refractivity (Wildman–Crippen MR) is 90.2 cm³/mol. The molecule has 0 aliphatic carbocycles. The Labute approximate surface area is 138 Å². The van der Waals surface area contributed by atoms with Crippen LogP contribution in [0.25, 0.3) is 0 Å². The molecule has 1 amide bonds. The van der Waals surface area contributed by atoms with Gasteiger partial charge in [-0.15, -0.1) is 0 Å². The zero-order valence-corrected chi connectivity index (χ0v) is 14.4. The van der Waals surface area contributed by atoms with Crippen LogP contribution in [0, 0.1) is 5.41 Å². The first-order valence-corrected chi connectivity index (χ1v) is 8.51. The van der Waals surface area contributed by atoms with E-state index in [9.17, 15) is 4.79 Å². The summed E-state index contributed by atoms with van der Waals surface area (Å²) < 4.78 is 0. The number of hydrogen-bond donors (Lipinski definition) is 1. The van der Waals surface area contributed by atoms with Crippen molar-refractivity contribution in [2.24, 2.45) is 5.41 Å². The van der Waals surface area contributed by atoms with E-state index in [0.717, 1.165) is 43.1 Å². The van der Waals surface area contributed by atoms with Gasteiger partial charge in [0.05, 0.1) is 5.41 Å².